The van der Waals surface area contributed by atoms with Crippen LogP contribution in [-0.4, -0.2) is 17.6 Å². The highest BCUT2D eigenvalue weighted by Gasteiger charge is 2.32. The number of nitrogens with zero attached hydrogens (tertiary/aromatic N) is 2. The monoisotopic (exact) mass is 499 g/mol. The summed E-state index contributed by atoms with van der Waals surface area (Å²) in [4.78, 5) is 32.3. The third-order valence-electron chi connectivity index (χ3n) is 5.88. The van der Waals surface area contributed by atoms with Gasteiger partial charge in [0.25, 0.3) is 11.5 Å². The number of halogens is 1. The molecular formula is C28H22FN3O3S. The zero-order chi connectivity index (χ0) is 25.2. The van der Waals surface area contributed by atoms with Crippen LogP contribution in [0.2, 0.25) is 0 Å². The first-order valence-electron chi connectivity index (χ1n) is 11.2. The maximum Gasteiger partial charge on any atom is 0.271 e. The topological polar surface area (TPSA) is 72.7 Å². The first-order valence-corrected chi connectivity index (χ1v) is 12.0. The molecule has 4 aromatic rings. The second-order valence-electron chi connectivity index (χ2n) is 8.23. The van der Waals surface area contributed by atoms with Crippen LogP contribution in [0.4, 0.5) is 10.1 Å². The van der Waals surface area contributed by atoms with E-state index in [4.69, 9.17) is 4.74 Å². The van der Waals surface area contributed by atoms with Gasteiger partial charge < -0.3 is 10.1 Å². The summed E-state index contributed by atoms with van der Waals surface area (Å²) < 4.78 is 20.8. The van der Waals surface area contributed by atoms with Crippen LogP contribution >= 0.6 is 11.3 Å². The van der Waals surface area contributed by atoms with E-state index >= 15 is 0 Å². The highest BCUT2D eigenvalue weighted by atomic mass is 32.1. The fourth-order valence-electron chi connectivity index (χ4n) is 4.17. The molecule has 0 radical (unpaired) electrons. The van der Waals surface area contributed by atoms with E-state index in [2.05, 4.69) is 10.3 Å². The molecule has 180 valence electrons. The van der Waals surface area contributed by atoms with Gasteiger partial charge in [-0.25, -0.2) is 9.38 Å². The molecule has 1 aliphatic heterocycles. The normalized spacial score (nSPS) is 15.3. The molecule has 36 heavy (non-hydrogen) atoms. The van der Waals surface area contributed by atoms with Crippen molar-refractivity contribution in [2.45, 2.75) is 13.0 Å². The third kappa shape index (κ3) is 4.50. The van der Waals surface area contributed by atoms with Crippen molar-refractivity contribution in [2.75, 3.05) is 12.4 Å². The summed E-state index contributed by atoms with van der Waals surface area (Å²) in [5.41, 5.74) is 2.65. The maximum atomic E-state index is 13.7. The molecule has 0 saturated heterocycles. The standard InChI is InChI=1S/C28H22FN3O3S/c1-17-24(26(33)31-21-8-4-3-5-9-21)25(19-7-6-10-22(16-19)35-2)32-27(34)23(36-28(32)30-17)15-18-11-13-20(29)14-12-18/h3-16,25H,1-2H3,(H,31,33)/b23-15-/t25-/m0/s1. The average molecular weight is 500 g/mol. The number of nitrogens with one attached hydrogen (secondary N) is 1. The van der Waals surface area contributed by atoms with E-state index in [9.17, 15) is 14.0 Å². The zero-order valence-corrected chi connectivity index (χ0v) is 20.4. The molecule has 1 aromatic heterocycles. The van der Waals surface area contributed by atoms with Gasteiger partial charge in [0.05, 0.1) is 29.0 Å². The lowest BCUT2D eigenvalue weighted by atomic mass is 9.95. The van der Waals surface area contributed by atoms with Gasteiger partial charge in [0.2, 0.25) is 0 Å². The Morgan fingerprint density at radius 2 is 1.83 bits per heavy atom. The van der Waals surface area contributed by atoms with Gasteiger partial charge in [0.1, 0.15) is 11.6 Å². The second kappa shape index (κ2) is 9.75. The summed E-state index contributed by atoms with van der Waals surface area (Å²) in [7, 11) is 1.57. The fraction of sp³-hybridized carbons (Fsp3) is 0.107. The number of para-hydroxylation sites is 1. The van der Waals surface area contributed by atoms with Crippen LogP contribution in [0.25, 0.3) is 6.08 Å². The number of anilines is 1. The number of fused-ring (bicyclic) bond motifs is 1. The average Bonchev–Trinajstić information content (AvgIpc) is 3.19. The Morgan fingerprint density at radius 1 is 1.08 bits per heavy atom. The molecule has 0 saturated carbocycles. The summed E-state index contributed by atoms with van der Waals surface area (Å²) in [5.74, 6) is -0.0853. The number of benzene rings is 3. The van der Waals surface area contributed by atoms with Crippen molar-refractivity contribution in [1.82, 2.24) is 4.57 Å². The van der Waals surface area contributed by atoms with Gasteiger partial charge in [-0.3, -0.25) is 14.2 Å². The van der Waals surface area contributed by atoms with Gasteiger partial charge in [-0.1, -0.05) is 53.8 Å². The molecule has 1 atom stereocenters. The minimum absolute atomic E-state index is 0.284. The Morgan fingerprint density at radius 3 is 2.56 bits per heavy atom. The maximum absolute atomic E-state index is 13.7. The van der Waals surface area contributed by atoms with Gasteiger partial charge in [-0.05, 0) is 60.5 Å². The Bertz CT molecular complexity index is 1650. The molecule has 3 aromatic carbocycles. The van der Waals surface area contributed by atoms with Crippen LogP contribution in [0.3, 0.4) is 0 Å². The molecule has 0 unspecified atom stereocenters. The number of rotatable bonds is 5. The predicted octanol–water partition coefficient (Wildman–Crippen LogP) is 4.02. The van der Waals surface area contributed by atoms with Gasteiger partial charge in [0, 0.05) is 5.69 Å². The first-order chi connectivity index (χ1) is 17.4. The molecule has 8 heteroatoms. The molecule has 1 aliphatic rings. The van der Waals surface area contributed by atoms with Crippen molar-refractivity contribution in [3.8, 4) is 5.75 Å². The van der Waals surface area contributed by atoms with Crippen LogP contribution in [0.1, 0.15) is 24.1 Å². The van der Waals surface area contributed by atoms with E-state index in [0.717, 1.165) is 5.56 Å². The minimum Gasteiger partial charge on any atom is -0.497 e. The Kier molecular flexibility index (Phi) is 6.35. The SMILES string of the molecule is COc1cccc([C@H]2C(C(=O)Nc3ccccc3)=C(C)N=c3s/c(=C\c4ccc(F)cc4)c(=O)n32)c1. The number of ether oxygens (including phenoxy) is 1. The van der Waals surface area contributed by atoms with Crippen molar-refractivity contribution in [1.29, 1.82) is 0 Å². The number of carbonyl (C=O) groups excluding carboxylic acids is 1. The lowest BCUT2D eigenvalue weighted by Crippen LogP contribution is -2.40. The highest BCUT2D eigenvalue weighted by Crippen LogP contribution is 2.32. The molecule has 1 amide bonds. The molecule has 0 bridgehead atoms. The molecule has 0 aliphatic carbocycles. The zero-order valence-electron chi connectivity index (χ0n) is 19.6. The molecule has 5 rings (SSSR count). The Labute approximate surface area is 210 Å². The van der Waals surface area contributed by atoms with E-state index in [0.29, 0.717) is 37.6 Å². The van der Waals surface area contributed by atoms with Gasteiger partial charge >= 0.3 is 0 Å². The van der Waals surface area contributed by atoms with E-state index in [-0.39, 0.29) is 17.3 Å². The smallest absolute Gasteiger partial charge is 0.271 e. The molecule has 6 nitrogen and oxygen atoms in total. The van der Waals surface area contributed by atoms with Crippen molar-refractivity contribution in [3.63, 3.8) is 0 Å². The van der Waals surface area contributed by atoms with Crippen LogP contribution in [0.5, 0.6) is 5.75 Å². The Balaban J connectivity index is 1.68. The minimum atomic E-state index is -0.713. The Hall–Kier alpha value is -4.30. The number of hydrogen-bond donors (Lipinski definition) is 1. The molecule has 1 N–H and O–H groups in total. The molecule has 0 spiro atoms. The summed E-state index contributed by atoms with van der Waals surface area (Å²) in [6.07, 6.45) is 1.70. The number of thiazole rings is 1. The number of aromatic nitrogens is 1. The summed E-state index contributed by atoms with van der Waals surface area (Å²) >= 11 is 1.23. The first kappa shape index (κ1) is 23.4. The molecular weight excluding hydrogens is 477 g/mol. The van der Waals surface area contributed by atoms with Crippen molar-refractivity contribution in [3.05, 3.63) is 127 Å². The highest BCUT2D eigenvalue weighted by molar-refractivity contribution is 7.07. The van der Waals surface area contributed by atoms with Crippen LogP contribution in [0.15, 0.2) is 99.9 Å². The third-order valence-corrected chi connectivity index (χ3v) is 6.86. The summed E-state index contributed by atoms with van der Waals surface area (Å²) in [5, 5.41) is 2.93. The summed E-state index contributed by atoms with van der Waals surface area (Å²) in [6.45, 7) is 1.77. The van der Waals surface area contributed by atoms with Crippen LogP contribution < -0.4 is 24.9 Å². The van der Waals surface area contributed by atoms with E-state index in [1.54, 1.807) is 48.9 Å². The number of carbonyl (C=O) groups is 1. The second-order valence-corrected chi connectivity index (χ2v) is 9.24. The fourth-order valence-corrected chi connectivity index (χ4v) is 5.22. The van der Waals surface area contributed by atoms with E-state index < -0.39 is 6.04 Å². The number of amides is 1. The molecule has 0 fully saturated rings. The van der Waals surface area contributed by atoms with Crippen molar-refractivity contribution < 1.29 is 13.9 Å². The number of allylic oxidation sites excluding steroid dienone is 1. The van der Waals surface area contributed by atoms with Crippen LogP contribution in [0, 0.1) is 5.82 Å². The van der Waals surface area contributed by atoms with E-state index in [1.165, 1.54) is 23.5 Å². The van der Waals surface area contributed by atoms with Crippen molar-refractivity contribution >= 4 is 29.0 Å². The van der Waals surface area contributed by atoms with Crippen LogP contribution in [-0.2, 0) is 4.79 Å². The van der Waals surface area contributed by atoms with E-state index in [1.807, 2.05) is 42.5 Å². The van der Waals surface area contributed by atoms with Gasteiger partial charge in [-0.15, -0.1) is 0 Å². The summed E-state index contributed by atoms with van der Waals surface area (Å²) in [6, 6.07) is 21.6. The number of hydrogen-bond acceptors (Lipinski definition) is 5. The lowest BCUT2D eigenvalue weighted by molar-refractivity contribution is -0.113. The quantitative estimate of drug-likeness (QED) is 0.451. The van der Waals surface area contributed by atoms with Gasteiger partial charge in [-0.2, -0.15) is 0 Å². The lowest BCUT2D eigenvalue weighted by Gasteiger charge is -2.25. The molecule has 2 heterocycles. The predicted molar refractivity (Wildman–Crippen MR) is 138 cm³/mol. The largest absolute Gasteiger partial charge is 0.497 e. The number of methoxy groups -OCH3 is 1. The van der Waals surface area contributed by atoms with Crippen molar-refractivity contribution in [2.24, 2.45) is 4.99 Å². The van der Waals surface area contributed by atoms with Gasteiger partial charge in [0.15, 0.2) is 4.80 Å².